The molecule has 33 heavy (non-hydrogen) atoms. The normalized spacial score (nSPS) is 11.3. The fourth-order valence-electron chi connectivity index (χ4n) is 3.24. The van der Waals surface area contributed by atoms with Gasteiger partial charge in [-0.1, -0.05) is 51.5 Å². The molecule has 0 spiro atoms. The average molecular weight is 468 g/mol. The first kappa shape index (κ1) is 26.4. The van der Waals surface area contributed by atoms with Crippen LogP contribution in [-0.4, -0.2) is 18.5 Å². The average Bonchev–Trinajstić information content (AvgIpc) is 2.79. The second-order valence-electron chi connectivity index (χ2n) is 7.67. The van der Waals surface area contributed by atoms with Gasteiger partial charge in [-0.25, -0.2) is 14.0 Å². The van der Waals surface area contributed by atoms with Crippen molar-refractivity contribution in [2.24, 2.45) is 0 Å². The Labute approximate surface area is 190 Å². The van der Waals surface area contributed by atoms with E-state index in [1.807, 2.05) is 0 Å². The van der Waals surface area contributed by atoms with Gasteiger partial charge >= 0.3 is 18.1 Å². The van der Waals surface area contributed by atoms with Crippen molar-refractivity contribution >= 4 is 11.9 Å². The van der Waals surface area contributed by atoms with Crippen LogP contribution in [0.3, 0.4) is 0 Å². The van der Waals surface area contributed by atoms with Crippen molar-refractivity contribution < 1.29 is 36.6 Å². The van der Waals surface area contributed by atoms with E-state index in [9.17, 15) is 27.2 Å². The van der Waals surface area contributed by atoms with E-state index in [1.54, 1.807) is 0 Å². The van der Waals surface area contributed by atoms with Crippen LogP contribution in [0, 0.1) is 5.82 Å². The zero-order valence-electron chi connectivity index (χ0n) is 18.6. The lowest BCUT2D eigenvalue weighted by atomic mass is 10.1. The van der Waals surface area contributed by atoms with Gasteiger partial charge in [-0.3, -0.25) is 0 Å². The van der Waals surface area contributed by atoms with Crippen LogP contribution in [0.15, 0.2) is 42.5 Å². The summed E-state index contributed by atoms with van der Waals surface area (Å²) in [6.07, 6.45) is 2.91. The summed E-state index contributed by atoms with van der Waals surface area (Å²) in [5.41, 5.74) is -1.69. The third-order valence-corrected chi connectivity index (χ3v) is 5.11. The molecule has 0 fully saturated rings. The van der Waals surface area contributed by atoms with Crippen LogP contribution in [0.2, 0.25) is 0 Å². The van der Waals surface area contributed by atoms with Crippen molar-refractivity contribution in [3.05, 3.63) is 70.5 Å². The Morgan fingerprint density at radius 3 is 1.91 bits per heavy atom. The van der Waals surface area contributed by atoms with Crippen molar-refractivity contribution in [1.29, 1.82) is 0 Å². The molecular formula is C25H28F4O4. The summed E-state index contributed by atoms with van der Waals surface area (Å²) in [6, 6.07) is 7.87. The molecule has 0 aromatic heterocycles. The highest BCUT2D eigenvalue weighted by atomic mass is 19.4. The van der Waals surface area contributed by atoms with Gasteiger partial charge in [0.15, 0.2) is 0 Å². The predicted molar refractivity (Wildman–Crippen MR) is 115 cm³/mol. The van der Waals surface area contributed by atoms with E-state index in [-0.39, 0.29) is 11.1 Å². The number of alkyl halides is 3. The Kier molecular flexibility index (Phi) is 10.4. The van der Waals surface area contributed by atoms with Crippen LogP contribution >= 0.6 is 0 Å². The third kappa shape index (κ3) is 8.51. The summed E-state index contributed by atoms with van der Waals surface area (Å²) in [5, 5.41) is 0. The molecule has 0 heterocycles. The fourth-order valence-corrected chi connectivity index (χ4v) is 3.24. The lowest BCUT2D eigenvalue weighted by molar-refractivity contribution is -0.139. The zero-order valence-corrected chi connectivity index (χ0v) is 18.6. The van der Waals surface area contributed by atoms with Crippen molar-refractivity contribution in [3.63, 3.8) is 0 Å². The Morgan fingerprint density at radius 2 is 1.33 bits per heavy atom. The van der Waals surface area contributed by atoms with Crippen LogP contribution in [-0.2, 0) is 22.3 Å². The van der Waals surface area contributed by atoms with Crippen molar-refractivity contribution in [3.8, 4) is 0 Å². The zero-order chi connectivity index (χ0) is 24.3. The molecule has 2 aromatic carbocycles. The SMILES string of the molecule is CCCCCCCCCOC(=O)c1ccc(C(=O)OCc2c(F)cccc2C(F)(F)F)cc1. The summed E-state index contributed by atoms with van der Waals surface area (Å²) in [6.45, 7) is 1.59. The number of carbonyl (C=O) groups excluding carboxylic acids is 2. The molecule has 0 atom stereocenters. The largest absolute Gasteiger partial charge is 0.462 e. The molecule has 0 bridgehead atoms. The quantitative estimate of drug-likeness (QED) is 0.189. The van der Waals surface area contributed by atoms with Gasteiger partial charge in [0, 0.05) is 5.56 Å². The second-order valence-corrected chi connectivity index (χ2v) is 7.67. The number of carbonyl (C=O) groups is 2. The highest BCUT2D eigenvalue weighted by molar-refractivity contribution is 5.93. The lowest BCUT2D eigenvalue weighted by Gasteiger charge is -2.14. The molecule has 0 aliphatic rings. The smallest absolute Gasteiger partial charge is 0.416 e. The summed E-state index contributed by atoms with van der Waals surface area (Å²) in [4.78, 5) is 24.3. The fraction of sp³-hybridized carbons (Fsp3) is 0.440. The molecule has 0 saturated heterocycles. The number of halogens is 4. The number of esters is 2. The minimum absolute atomic E-state index is 0.0172. The molecule has 2 rings (SSSR count). The summed E-state index contributed by atoms with van der Waals surface area (Å²) in [7, 11) is 0. The maximum absolute atomic E-state index is 13.9. The van der Waals surface area contributed by atoms with Gasteiger partial charge in [0.2, 0.25) is 0 Å². The molecule has 0 aliphatic carbocycles. The van der Waals surface area contributed by atoms with E-state index in [4.69, 9.17) is 9.47 Å². The standard InChI is InChI=1S/C25H28F4O4/c1-2-3-4-5-6-7-8-16-32-23(30)18-12-14-19(15-13-18)24(31)33-17-20-21(25(27,28)29)10-9-11-22(20)26/h9-15H,2-8,16-17H2,1H3. The topological polar surface area (TPSA) is 52.6 Å². The molecule has 0 amide bonds. The van der Waals surface area contributed by atoms with E-state index in [1.165, 1.54) is 49.9 Å². The number of benzene rings is 2. The predicted octanol–water partition coefficient (Wildman–Crippen LogP) is 7.11. The van der Waals surface area contributed by atoms with Gasteiger partial charge in [-0.05, 0) is 42.8 Å². The Morgan fingerprint density at radius 1 is 0.788 bits per heavy atom. The van der Waals surface area contributed by atoms with Gasteiger partial charge < -0.3 is 9.47 Å². The number of unbranched alkanes of at least 4 members (excludes halogenated alkanes) is 6. The Balaban J connectivity index is 1.83. The summed E-state index contributed by atoms with van der Waals surface area (Å²) in [5.74, 6) is -2.58. The van der Waals surface area contributed by atoms with Crippen LogP contribution in [0.1, 0.15) is 83.7 Å². The maximum atomic E-state index is 13.9. The first-order chi connectivity index (χ1) is 15.7. The van der Waals surface area contributed by atoms with Crippen molar-refractivity contribution in [2.75, 3.05) is 6.61 Å². The van der Waals surface area contributed by atoms with Crippen LogP contribution in [0.4, 0.5) is 17.6 Å². The van der Waals surface area contributed by atoms with E-state index in [0.29, 0.717) is 6.61 Å². The van der Waals surface area contributed by atoms with Crippen molar-refractivity contribution in [1.82, 2.24) is 0 Å². The second kappa shape index (κ2) is 13.0. The molecule has 0 aliphatic heterocycles. The molecule has 0 saturated carbocycles. The third-order valence-electron chi connectivity index (χ3n) is 5.11. The molecular weight excluding hydrogens is 440 g/mol. The van der Waals surface area contributed by atoms with E-state index in [2.05, 4.69) is 6.92 Å². The molecule has 8 heteroatoms. The van der Waals surface area contributed by atoms with E-state index < -0.39 is 41.7 Å². The molecule has 180 valence electrons. The van der Waals surface area contributed by atoms with E-state index >= 15 is 0 Å². The number of ether oxygens (including phenoxy) is 2. The first-order valence-corrected chi connectivity index (χ1v) is 11.0. The summed E-state index contributed by atoms with van der Waals surface area (Å²) >= 11 is 0. The number of hydrogen-bond donors (Lipinski definition) is 0. The number of rotatable bonds is 12. The van der Waals surface area contributed by atoms with Gasteiger partial charge in [-0.2, -0.15) is 13.2 Å². The lowest BCUT2D eigenvalue weighted by Crippen LogP contribution is -2.14. The molecule has 0 N–H and O–H groups in total. The minimum atomic E-state index is -4.78. The van der Waals surface area contributed by atoms with Gasteiger partial charge in [0.1, 0.15) is 12.4 Å². The highest BCUT2D eigenvalue weighted by Crippen LogP contribution is 2.33. The van der Waals surface area contributed by atoms with Gasteiger partial charge in [0.25, 0.3) is 0 Å². The van der Waals surface area contributed by atoms with E-state index in [0.717, 1.165) is 37.5 Å². The molecule has 2 aromatic rings. The Bertz CT molecular complexity index is 908. The monoisotopic (exact) mass is 468 g/mol. The molecule has 4 nitrogen and oxygen atoms in total. The van der Waals surface area contributed by atoms with Gasteiger partial charge in [-0.15, -0.1) is 0 Å². The van der Waals surface area contributed by atoms with Crippen molar-refractivity contribution in [2.45, 2.75) is 64.7 Å². The van der Waals surface area contributed by atoms with Gasteiger partial charge in [0.05, 0.1) is 23.3 Å². The maximum Gasteiger partial charge on any atom is 0.416 e. The Hall–Kier alpha value is -2.90. The molecule has 0 radical (unpaired) electrons. The molecule has 0 unspecified atom stereocenters. The highest BCUT2D eigenvalue weighted by Gasteiger charge is 2.34. The summed E-state index contributed by atoms with van der Waals surface area (Å²) < 4.78 is 63.0. The van der Waals surface area contributed by atoms with Crippen LogP contribution in [0.25, 0.3) is 0 Å². The minimum Gasteiger partial charge on any atom is -0.462 e. The van der Waals surface area contributed by atoms with Crippen LogP contribution < -0.4 is 0 Å². The van der Waals surface area contributed by atoms with Crippen LogP contribution in [0.5, 0.6) is 0 Å². The number of hydrogen-bond acceptors (Lipinski definition) is 4. The first-order valence-electron chi connectivity index (χ1n) is 11.0.